The van der Waals surface area contributed by atoms with Gasteiger partial charge in [-0.2, -0.15) is 13.2 Å². The molecule has 0 bridgehead atoms. The lowest BCUT2D eigenvalue weighted by atomic mass is 9.88. The van der Waals surface area contributed by atoms with Gasteiger partial charge in [-0.05, 0) is 12.8 Å². The van der Waals surface area contributed by atoms with Crippen molar-refractivity contribution in [2.75, 3.05) is 6.54 Å². The van der Waals surface area contributed by atoms with Gasteiger partial charge in [-0.25, -0.2) is 0 Å². The number of carbonyl (C=O) groups excluding carboxylic acids is 1. The molecule has 2 heterocycles. The predicted molar refractivity (Wildman–Crippen MR) is 61.9 cm³/mol. The fourth-order valence-corrected chi connectivity index (χ4v) is 2.52. The Hall–Kier alpha value is -2.13. The first-order valence-corrected chi connectivity index (χ1v) is 6.18. The van der Waals surface area contributed by atoms with Crippen molar-refractivity contribution in [3.8, 4) is 0 Å². The van der Waals surface area contributed by atoms with E-state index in [0.29, 0.717) is 4.90 Å². The number of alkyl halides is 3. The smallest absolute Gasteiger partial charge is 0.471 e. The Morgan fingerprint density at radius 3 is 2.57 bits per heavy atom. The van der Waals surface area contributed by atoms with Gasteiger partial charge in [0.15, 0.2) is 5.82 Å². The minimum atomic E-state index is -5.06. The van der Waals surface area contributed by atoms with E-state index in [1.165, 1.54) is 17.9 Å². The van der Waals surface area contributed by atoms with Crippen molar-refractivity contribution in [2.24, 2.45) is 13.0 Å². The van der Waals surface area contributed by atoms with Gasteiger partial charge >= 0.3 is 18.1 Å². The molecule has 1 aliphatic rings. The van der Waals surface area contributed by atoms with Crippen LogP contribution in [0.5, 0.6) is 0 Å². The standard InChI is InChI=1S/C11H13F3N4O3/c1-17-5-15-16-8(17)7-6(9(19)20)3-2-4-18(7)10(21)11(12,13)14/h5-7H,2-4H2,1H3,(H,19,20)/t6-,7+/m1/s1. The van der Waals surface area contributed by atoms with E-state index in [9.17, 15) is 27.9 Å². The van der Waals surface area contributed by atoms with E-state index >= 15 is 0 Å². The number of aromatic nitrogens is 3. The third-order valence-electron chi connectivity index (χ3n) is 3.46. The van der Waals surface area contributed by atoms with Crippen LogP contribution < -0.4 is 0 Å². The van der Waals surface area contributed by atoms with Crippen LogP contribution in [0.15, 0.2) is 6.33 Å². The van der Waals surface area contributed by atoms with Gasteiger partial charge in [0, 0.05) is 13.6 Å². The van der Waals surface area contributed by atoms with E-state index in [-0.39, 0.29) is 25.2 Å². The molecule has 1 saturated heterocycles. The molecule has 1 aromatic rings. The Morgan fingerprint density at radius 2 is 2.10 bits per heavy atom. The summed E-state index contributed by atoms with van der Waals surface area (Å²) in [6, 6.07) is -1.28. The molecule has 1 aliphatic heterocycles. The van der Waals surface area contributed by atoms with Crippen LogP contribution >= 0.6 is 0 Å². The van der Waals surface area contributed by atoms with Crippen LogP contribution in [0, 0.1) is 5.92 Å². The summed E-state index contributed by atoms with van der Waals surface area (Å²) in [5.41, 5.74) is 0. The second-order valence-electron chi connectivity index (χ2n) is 4.83. The van der Waals surface area contributed by atoms with Crippen molar-refractivity contribution in [3.63, 3.8) is 0 Å². The van der Waals surface area contributed by atoms with Gasteiger partial charge < -0.3 is 14.6 Å². The van der Waals surface area contributed by atoms with Gasteiger partial charge in [0.25, 0.3) is 0 Å². The maximum Gasteiger partial charge on any atom is 0.471 e. The first-order valence-electron chi connectivity index (χ1n) is 6.18. The summed E-state index contributed by atoms with van der Waals surface area (Å²) in [5, 5.41) is 16.4. The van der Waals surface area contributed by atoms with Gasteiger partial charge in [0.05, 0.1) is 5.92 Å². The number of likely N-dealkylation sites (tertiary alicyclic amines) is 1. The second-order valence-corrected chi connectivity index (χ2v) is 4.83. The van der Waals surface area contributed by atoms with Crippen molar-refractivity contribution >= 4 is 11.9 Å². The average Bonchev–Trinajstić information content (AvgIpc) is 2.81. The Morgan fingerprint density at radius 1 is 1.43 bits per heavy atom. The van der Waals surface area contributed by atoms with E-state index in [0.717, 1.165) is 0 Å². The Kier molecular flexibility index (Phi) is 3.88. The van der Waals surface area contributed by atoms with Gasteiger partial charge in [0.2, 0.25) is 0 Å². The molecule has 2 atom stereocenters. The molecule has 0 saturated carbocycles. The summed E-state index contributed by atoms with van der Waals surface area (Å²) in [7, 11) is 1.49. The van der Waals surface area contributed by atoms with Crippen molar-refractivity contribution in [3.05, 3.63) is 12.2 Å². The fourth-order valence-electron chi connectivity index (χ4n) is 2.52. The second kappa shape index (κ2) is 5.34. The summed E-state index contributed by atoms with van der Waals surface area (Å²) in [6.07, 6.45) is -3.45. The number of amides is 1. The molecule has 10 heteroatoms. The molecule has 2 rings (SSSR count). The first kappa shape index (κ1) is 15.3. The minimum absolute atomic E-state index is 0.0275. The number of carboxylic acid groups (broad SMARTS) is 1. The monoisotopic (exact) mass is 306 g/mol. The number of hydrogen-bond acceptors (Lipinski definition) is 4. The molecule has 21 heavy (non-hydrogen) atoms. The zero-order valence-electron chi connectivity index (χ0n) is 11.0. The van der Waals surface area contributed by atoms with Crippen molar-refractivity contribution in [2.45, 2.75) is 25.1 Å². The number of carbonyl (C=O) groups is 2. The van der Waals surface area contributed by atoms with Crippen LogP contribution in [0.1, 0.15) is 24.7 Å². The van der Waals surface area contributed by atoms with Gasteiger partial charge in [-0.1, -0.05) is 0 Å². The molecule has 0 spiro atoms. The van der Waals surface area contributed by atoms with Gasteiger partial charge in [0.1, 0.15) is 12.4 Å². The van der Waals surface area contributed by atoms with E-state index in [4.69, 9.17) is 0 Å². The first-order chi connectivity index (χ1) is 9.73. The molecule has 116 valence electrons. The lowest BCUT2D eigenvalue weighted by Crippen LogP contribution is -2.50. The molecule has 1 amide bonds. The fraction of sp³-hybridized carbons (Fsp3) is 0.636. The van der Waals surface area contributed by atoms with E-state index < -0.39 is 30.0 Å². The topological polar surface area (TPSA) is 88.3 Å². The third-order valence-corrected chi connectivity index (χ3v) is 3.46. The minimum Gasteiger partial charge on any atom is -0.481 e. The molecule has 1 N–H and O–H groups in total. The molecule has 1 aromatic heterocycles. The molecule has 0 aliphatic carbocycles. The van der Waals surface area contributed by atoms with Crippen LogP contribution in [0.4, 0.5) is 13.2 Å². The lowest BCUT2D eigenvalue weighted by molar-refractivity contribution is -0.192. The van der Waals surface area contributed by atoms with Crippen molar-refractivity contribution in [1.82, 2.24) is 19.7 Å². The largest absolute Gasteiger partial charge is 0.481 e. The Balaban J connectivity index is 2.45. The van der Waals surface area contributed by atoms with E-state index in [1.807, 2.05) is 0 Å². The zero-order valence-corrected chi connectivity index (χ0v) is 11.0. The highest BCUT2D eigenvalue weighted by Gasteiger charge is 2.50. The highest BCUT2D eigenvalue weighted by Crippen LogP contribution is 2.37. The summed E-state index contributed by atoms with van der Waals surface area (Å²) >= 11 is 0. The van der Waals surface area contributed by atoms with Crippen LogP contribution in [-0.4, -0.2) is 49.4 Å². The normalized spacial score (nSPS) is 23.1. The molecular formula is C11H13F3N4O3. The molecule has 7 nitrogen and oxygen atoms in total. The predicted octanol–water partition coefficient (Wildman–Crippen LogP) is 0.742. The summed E-state index contributed by atoms with van der Waals surface area (Å²) < 4.78 is 39.4. The molecular weight excluding hydrogens is 293 g/mol. The maximum absolute atomic E-state index is 12.7. The molecule has 0 unspecified atom stereocenters. The van der Waals surface area contributed by atoms with E-state index in [1.54, 1.807) is 0 Å². The van der Waals surface area contributed by atoms with E-state index in [2.05, 4.69) is 10.2 Å². The summed E-state index contributed by atoms with van der Waals surface area (Å²) in [6.45, 7) is -0.167. The van der Waals surface area contributed by atoms with Crippen LogP contribution in [-0.2, 0) is 16.6 Å². The number of nitrogens with zero attached hydrogens (tertiary/aromatic N) is 4. The number of piperidine rings is 1. The molecule has 0 radical (unpaired) electrons. The Bertz CT molecular complexity index is 557. The quantitative estimate of drug-likeness (QED) is 0.870. The SMILES string of the molecule is Cn1cnnc1[C@@H]1[C@H](C(=O)O)CCCN1C(=O)C(F)(F)F. The molecule has 1 fully saturated rings. The van der Waals surface area contributed by atoms with Gasteiger partial charge in [-0.15, -0.1) is 10.2 Å². The highest BCUT2D eigenvalue weighted by atomic mass is 19.4. The number of aliphatic carboxylic acids is 1. The number of halogens is 3. The maximum atomic E-state index is 12.7. The van der Waals surface area contributed by atoms with Crippen molar-refractivity contribution in [1.29, 1.82) is 0 Å². The summed E-state index contributed by atoms with van der Waals surface area (Å²) in [4.78, 5) is 23.4. The average molecular weight is 306 g/mol. The summed E-state index contributed by atoms with van der Waals surface area (Å²) in [5.74, 6) is -4.43. The van der Waals surface area contributed by atoms with Crippen LogP contribution in [0.25, 0.3) is 0 Å². The number of carboxylic acids is 1. The van der Waals surface area contributed by atoms with Crippen LogP contribution in [0.2, 0.25) is 0 Å². The van der Waals surface area contributed by atoms with Crippen LogP contribution in [0.3, 0.4) is 0 Å². The third kappa shape index (κ3) is 2.83. The number of aryl methyl sites for hydroxylation is 1. The number of rotatable bonds is 2. The van der Waals surface area contributed by atoms with Gasteiger partial charge in [-0.3, -0.25) is 9.59 Å². The Labute approximate surface area is 117 Å². The highest BCUT2D eigenvalue weighted by molar-refractivity contribution is 5.83. The molecule has 0 aromatic carbocycles. The number of hydrogen-bond donors (Lipinski definition) is 1. The van der Waals surface area contributed by atoms with Crippen molar-refractivity contribution < 1.29 is 27.9 Å². The lowest BCUT2D eigenvalue weighted by Gasteiger charge is -2.38. The zero-order chi connectivity index (χ0) is 15.8.